The van der Waals surface area contributed by atoms with Gasteiger partial charge in [-0.3, -0.25) is 4.98 Å². The molecule has 0 saturated carbocycles. The van der Waals surface area contributed by atoms with Crippen molar-refractivity contribution in [2.75, 3.05) is 12.3 Å². The standard InChI is InChI=1S/C10H12FN5O4/c11-5-6(18)4(2-17)20-7(5)3-1-16-9(13-3)14-8(12)15-10(16)19/h1,4-7,17-18H,2H2,(H3,12,13,14,15,19)/t4-,5-,6-,7+/m1/s1. The fourth-order valence-electron chi connectivity index (χ4n) is 2.17. The minimum Gasteiger partial charge on any atom is -0.394 e. The Hall–Kier alpha value is -2.04. The first-order valence-corrected chi connectivity index (χ1v) is 5.84. The molecule has 108 valence electrons. The first-order valence-electron chi connectivity index (χ1n) is 5.84. The second-order valence-electron chi connectivity index (χ2n) is 4.48. The number of ether oxygens (including phenoxy) is 1. The van der Waals surface area contributed by atoms with E-state index in [1.165, 1.54) is 6.20 Å². The van der Waals surface area contributed by atoms with Gasteiger partial charge in [0.05, 0.1) is 12.3 Å². The van der Waals surface area contributed by atoms with Crippen LogP contribution in [-0.2, 0) is 4.74 Å². The summed E-state index contributed by atoms with van der Waals surface area (Å²) in [5, 5.41) is 18.5. The third-order valence-electron chi connectivity index (χ3n) is 3.17. The first-order chi connectivity index (χ1) is 9.51. The molecule has 3 heterocycles. The summed E-state index contributed by atoms with van der Waals surface area (Å²) in [5.41, 5.74) is 4.91. The monoisotopic (exact) mass is 285 g/mol. The van der Waals surface area contributed by atoms with Crippen molar-refractivity contribution < 1.29 is 19.3 Å². The normalized spacial score (nSPS) is 30.1. The van der Waals surface area contributed by atoms with Gasteiger partial charge < -0.3 is 20.7 Å². The number of imidazole rings is 1. The van der Waals surface area contributed by atoms with Crippen molar-refractivity contribution >= 4 is 11.7 Å². The summed E-state index contributed by atoms with van der Waals surface area (Å²) in [6.45, 7) is -0.517. The van der Waals surface area contributed by atoms with Crippen LogP contribution in [0.15, 0.2) is 11.0 Å². The highest BCUT2D eigenvalue weighted by atomic mass is 19.1. The third kappa shape index (κ3) is 1.85. The molecule has 0 aromatic carbocycles. The largest absolute Gasteiger partial charge is 0.394 e. The van der Waals surface area contributed by atoms with Gasteiger partial charge in [-0.2, -0.15) is 4.98 Å². The van der Waals surface area contributed by atoms with E-state index in [1.54, 1.807) is 0 Å². The summed E-state index contributed by atoms with van der Waals surface area (Å²) in [7, 11) is 0. The predicted molar refractivity (Wildman–Crippen MR) is 63.6 cm³/mol. The highest BCUT2D eigenvalue weighted by molar-refractivity contribution is 5.35. The molecule has 1 saturated heterocycles. The van der Waals surface area contributed by atoms with Gasteiger partial charge in [-0.05, 0) is 0 Å². The number of H-pyrrole nitrogens is 1. The maximum absolute atomic E-state index is 13.9. The molecule has 3 rings (SSSR count). The molecule has 1 aliphatic rings. The summed E-state index contributed by atoms with van der Waals surface area (Å²) in [6, 6.07) is 0. The van der Waals surface area contributed by atoms with Crippen molar-refractivity contribution in [1.82, 2.24) is 19.4 Å². The molecule has 10 heteroatoms. The molecule has 1 fully saturated rings. The van der Waals surface area contributed by atoms with E-state index in [-0.39, 0.29) is 17.4 Å². The fraction of sp³-hybridized carbons (Fsp3) is 0.500. The Morgan fingerprint density at radius 1 is 1.55 bits per heavy atom. The number of alkyl halides is 1. The van der Waals surface area contributed by atoms with E-state index in [0.29, 0.717) is 0 Å². The Balaban J connectivity index is 2.03. The number of aliphatic hydroxyl groups is 2. The summed E-state index contributed by atoms with van der Waals surface area (Å²) in [4.78, 5) is 21.6. The molecule has 4 atom stereocenters. The summed E-state index contributed by atoms with van der Waals surface area (Å²) in [6.07, 6.45) is -4.16. The maximum atomic E-state index is 13.9. The summed E-state index contributed by atoms with van der Waals surface area (Å²) >= 11 is 0. The molecule has 2 aromatic rings. The molecular weight excluding hydrogens is 273 g/mol. The van der Waals surface area contributed by atoms with Crippen molar-refractivity contribution in [2.24, 2.45) is 0 Å². The van der Waals surface area contributed by atoms with Gasteiger partial charge in [0.25, 0.3) is 0 Å². The van der Waals surface area contributed by atoms with E-state index in [2.05, 4.69) is 15.0 Å². The number of halogens is 1. The van der Waals surface area contributed by atoms with Gasteiger partial charge in [0, 0.05) is 6.20 Å². The van der Waals surface area contributed by atoms with Crippen LogP contribution in [0.2, 0.25) is 0 Å². The molecule has 2 aromatic heterocycles. The van der Waals surface area contributed by atoms with E-state index >= 15 is 0 Å². The number of aliphatic hydroxyl groups excluding tert-OH is 2. The minimum absolute atomic E-state index is 0.000937. The van der Waals surface area contributed by atoms with E-state index in [1.807, 2.05) is 0 Å². The number of nitrogen functional groups attached to an aromatic ring is 1. The van der Waals surface area contributed by atoms with Crippen LogP contribution in [-0.4, -0.2) is 54.6 Å². The predicted octanol–water partition coefficient (Wildman–Crippen LogP) is -1.87. The second kappa shape index (κ2) is 4.51. The number of nitrogens with two attached hydrogens (primary N) is 1. The highest BCUT2D eigenvalue weighted by Gasteiger charge is 2.45. The van der Waals surface area contributed by atoms with Gasteiger partial charge in [-0.25, -0.2) is 18.6 Å². The van der Waals surface area contributed by atoms with Gasteiger partial charge >= 0.3 is 5.69 Å². The van der Waals surface area contributed by atoms with Crippen molar-refractivity contribution in [2.45, 2.75) is 24.5 Å². The van der Waals surface area contributed by atoms with Crippen LogP contribution in [0.4, 0.5) is 10.3 Å². The number of hydrogen-bond donors (Lipinski definition) is 4. The van der Waals surface area contributed by atoms with Crippen molar-refractivity contribution in [1.29, 1.82) is 0 Å². The topological polar surface area (TPSA) is 139 Å². The number of fused-ring (bicyclic) bond motifs is 1. The van der Waals surface area contributed by atoms with Crippen molar-refractivity contribution in [3.63, 3.8) is 0 Å². The molecule has 1 aliphatic heterocycles. The Labute approximate surface area is 110 Å². The van der Waals surface area contributed by atoms with E-state index in [0.717, 1.165) is 4.40 Å². The van der Waals surface area contributed by atoms with Crippen LogP contribution in [0.3, 0.4) is 0 Å². The Morgan fingerprint density at radius 3 is 2.95 bits per heavy atom. The van der Waals surface area contributed by atoms with E-state index in [9.17, 15) is 14.3 Å². The smallest absolute Gasteiger partial charge is 0.335 e. The number of rotatable bonds is 2. The molecule has 20 heavy (non-hydrogen) atoms. The zero-order chi connectivity index (χ0) is 14.4. The van der Waals surface area contributed by atoms with Crippen LogP contribution in [0, 0.1) is 0 Å². The number of hydrogen-bond acceptors (Lipinski definition) is 7. The Bertz CT molecular complexity index is 701. The highest BCUT2D eigenvalue weighted by Crippen LogP contribution is 2.34. The third-order valence-corrected chi connectivity index (χ3v) is 3.17. The molecule has 0 amide bonds. The molecule has 9 nitrogen and oxygen atoms in total. The van der Waals surface area contributed by atoms with E-state index < -0.39 is 36.8 Å². The second-order valence-corrected chi connectivity index (χ2v) is 4.48. The lowest BCUT2D eigenvalue weighted by molar-refractivity contribution is -0.0235. The zero-order valence-electron chi connectivity index (χ0n) is 10.1. The number of nitrogens with zero attached hydrogens (tertiary/aromatic N) is 3. The molecule has 0 bridgehead atoms. The molecule has 0 spiro atoms. The van der Waals surface area contributed by atoms with Gasteiger partial charge in [0.2, 0.25) is 11.7 Å². The van der Waals surface area contributed by atoms with Gasteiger partial charge in [-0.1, -0.05) is 0 Å². The van der Waals surface area contributed by atoms with Gasteiger partial charge in [-0.15, -0.1) is 0 Å². The lowest BCUT2D eigenvalue weighted by atomic mass is 10.1. The van der Waals surface area contributed by atoms with Gasteiger partial charge in [0.1, 0.15) is 18.3 Å². The molecule has 0 unspecified atom stereocenters. The number of anilines is 1. The van der Waals surface area contributed by atoms with Crippen LogP contribution in [0.1, 0.15) is 11.8 Å². The Morgan fingerprint density at radius 2 is 2.30 bits per heavy atom. The van der Waals surface area contributed by atoms with Crippen molar-refractivity contribution in [3.8, 4) is 0 Å². The van der Waals surface area contributed by atoms with Gasteiger partial charge in [0.15, 0.2) is 6.17 Å². The lowest BCUT2D eigenvalue weighted by Crippen LogP contribution is -2.30. The van der Waals surface area contributed by atoms with Crippen LogP contribution in [0.5, 0.6) is 0 Å². The first kappa shape index (κ1) is 13.0. The summed E-state index contributed by atoms with van der Waals surface area (Å²) in [5.74, 6) is -0.115. The quantitative estimate of drug-likeness (QED) is 0.507. The summed E-state index contributed by atoms with van der Waals surface area (Å²) < 4.78 is 20.2. The molecule has 0 radical (unpaired) electrons. The average molecular weight is 285 g/mol. The SMILES string of the molecule is Nc1nc2nc([C@@H]3O[C@H](CO)[C@@H](O)[C@H]3F)cn2c(=O)[nH]1. The molecule has 0 aliphatic carbocycles. The van der Waals surface area contributed by atoms with Crippen LogP contribution < -0.4 is 11.4 Å². The average Bonchev–Trinajstić information content (AvgIpc) is 2.93. The number of aromatic amines is 1. The van der Waals surface area contributed by atoms with Crippen LogP contribution in [0.25, 0.3) is 5.78 Å². The number of aromatic nitrogens is 4. The maximum Gasteiger partial charge on any atom is 0.335 e. The zero-order valence-corrected chi connectivity index (χ0v) is 10.1. The van der Waals surface area contributed by atoms with Crippen LogP contribution >= 0.6 is 0 Å². The lowest BCUT2D eigenvalue weighted by Gasteiger charge is -2.09. The van der Waals surface area contributed by atoms with Crippen molar-refractivity contribution in [3.05, 3.63) is 22.4 Å². The fourth-order valence-corrected chi connectivity index (χ4v) is 2.17. The minimum atomic E-state index is -1.76. The van der Waals surface area contributed by atoms with E-state index in [4.69, 9.17) is 15.6 Å². The molecular formula is C10H12FN5O4. The number of nitrogens with one attached hydrogen (secondary N) is 1. The molecule has 5 N–H and O–H groups in total. The Kier molecular flexibility index (Phi) is 2.92.